The molecule has 4 atom stereocenters. The minimum atomic E-state index is -5.44. The van der Waals surface area contributed by atoms with Gasteiger partial charge in [0.1, 0.15) is 24.4 Å². The molecule has 21 heteroatoms. The largest absolute Gasteiger partial charge is 0.397 e. The Labute approximate surface area is 152 Å². The molecule has 27 heavy (non-hydrogen) atoms. The van der Waals surface area contributed by atoms with Crippen LogP contribution in [0.4, 0.5) is 0 Å². The van der Waals surface area contributed by atoms with E-state index in [4.69, 9.17) is 22.9 Å². The normalized spacial score (nSPS) is 28.1. The standard InChI is InChI=1S/C6H12O17S4/c7-24(8,9)20-2-3-5(22-26(13,14)15)6(23-27(16,17)18)4(1-19-3)21-25(10,11)12/h3-6H,1-2H2,(H,7,8,9)(H,10,11,12)(H,13,14,15)(H,16,17,18)/t3-,4+,5+,6-/m1/s1. The van der Waals surface area contributed by atoms with Crippen molar-refractivity contribution in [2.75, 3.05) is 13.2 Å². The van der Waals surface area contributed by atoms with Gasteiger partial charge in [0.25, 0.3) is 0 Å². The lowest BCUT2D eigenvalue weighted by molar-refractivity contribution is -0.171. The van der Waals surface area contributed by atoms with E-state index in [2.05, 4.69) is 16.7 Å². The third kappa shape index (κ3) is 9.97. The molecule has 0 radical (unpaired) electrons. The molecule has 162 valence electrons. The van der Waals surface area contributed by atoms with Gasteiger partial charge in [0, 0.05) is 0 Å². The first-order chi connectivity index (χ1) is 11.9. The highest BCUT2D eigenvalue weighted by atomic mass is 32.3. The highest BCUT2D eigenvalue weighted by molar-refractivity contribution is 7.81. The molecule has 0 aromatic heterocycles. The molecular weight excluding hydrogens is 472 g/mol. The number of hydrogen-bond acceptors (Lipinski definition) is 13. The Hall–Kier alpha value is -0.560. The van der Waals surface area contributed by atoms with Gasteiger partial charge < -0.3 is 4.74 Å². The van der Waals surface area contributed by atoms with Crippen molar-refractivity contribution in [2.45, 2.75) is 24.4 Å². The van der Waals surface area contributed by atoms with Gasteiger partial charge in [-0.3, -0.25) is 18.2 Å². The molecule has 1 fully saturated rings. The van der Waals surface area contributed by atoms with E-state index in [9.17, 15) is 33.7 Å². The van der Waals surface area contributed by atoms with Crippen LogP contribution in [0.2, 0.25) is 0 Å². The monoisotopic (exact) mass is 484 g/mol. The van der Waals surface area contributed by atoms with Crippen molar-refractivity contribution in [3.05, 3.63) is 0 Å². The fourth-order valence-electron chi connectivity index (χ4n) is 1.88. The molecule has 17 nitrogen and oxygen atoms in total. The van der Waals surface area contributed by atoms with E-state index in [0.717, 1.165) is 0 Å². The minimum absolute atomic E-state index is 1.01. The summed E-state index contributed by atoms with van der Waals surface area (Å²) in [6.45, 7) is -2.26. The Kier molecular flexibility index (Phi) is 7.65. The van der Waals surface area contributed by atoms with Crippen LogP contribution in [0.3, 0.4) is 0 Å². The molecule has 1 aliphatic rings. The molecule has 0 amide bonds. The Morgan fingerprint density at radius 2 is 1.15 bits per heavy atom. The van der Waals surface area contributed by atoms with Gasteiger partial charge in [0.15, 0.2) is 0 Å². The maximum absolute atomic E-state index is 10.9. The van der Waals surface area contributed by atoms with Crippen molar-refractivity contribution in [1.82, 2.24) is 0 Å². The number of ether oxygens (including phenoxy) is 1. The summed E-state index contributed by atoms with van der Waals surface area (Å²) >= 11 is 0. The average Bonchev–Trinajstić information content (AvgIpc) is 2.36. The van der Waals surface area contributed by atoms with Crippen LogP contribution in [0.5, 0.6) is 0 Å². The molecule has 1 saturated heterocycles. The van der Waals surface area contributed by atoms with Crippen molar-refractivity contribution in [1.29, 1.82) is 0 Å². The van der Waals surface area contributed by atoms with Crippen molar-refractivity contribution in [2.24, 2.45) is 0 Å². The highest BCUT2D eigenvalue weighted by Gasteiger charge is 2.49. The van der Waals surface area contributed by atoms with E-state index < -0.39 is 79.2 Å². The quantitative estimate of drug-likeness (QED) is 0.234. The summed E-state index contributed by atoms with van der Waals surface area (Å²) in [4.78, 5) is 0. The maximum Gasteiger partial charge on any atom is 0.397 e. The Balaban J connectivity index is 3.30. The molecule has 0 aromatic carbocycles. The zero-order chi connectivity index (χ0) is 21.3. The highest BCUT2D eigenvalue weighted by Crippen LogP contribution is 2.27. The molecule has 0 aromatic rings. The average molecular weight is 484 g/mol. The lowest BCUT2D eigenvalue weighted by Gasteiger charge is -2.38. The van der Waals surface area contributed by atoms with Crippen molar-refractivity contribution < 1.29 is 73.4 Å². The summed E-state index contributed by atoms with van der Waals surface area (Å²) in [5.74, 6) is 0. The van der Waals surface area contributed by atoms with Gasteiger partial charge in [0.05, 0.1) is 13.2 Å². The van der Waals surface area contributed by atoms with E-state index in [1.165, 1.54) is 0 Å². The van der Waals surface area contributed by atoms with Gasteiger partial charge >= 0.3 is 41.6 Å². The summed E-state index contributed by atoms with van der Waals surface area (Å²) < 4.78 is 142. The summed E-state index contributed by atoms with van der Waals surface area (Å²) in [5, 5.41) is 0. The third-order valence-corrected chi connectivity index (χ3v) is 4.48. The van der Waals surface area contributed by atoms with Crippen LogP contribution in [-0.4, -0.2) is 89.5 Å². The van der Waals surface area contributed by atoms with E-state index in [0.29, 0.717) is 0 Å². The van der Waals surface area contributed by atoms with Crippen LogP contribution in [0.1, 0.15) is 0 Å². The molecule has 1 aliphatic heterocycles. The zero-order valence-electron chi connectivity index (χ0n) is 12.5. The van der Waals surface area contributed by atoms with Gasteiger partial charge in [0.2, 0.25) is 0 Å². The van der Waals surface area contributed by atoms with Crippen LogP contribution in [0.25, 0.3) is 0 Å². The molecule has 0 bridgehead atoms. The van der Waals surface area contributed by atoms with Crippen LogP contribution in [0, 0.1) is 0 Å². The first kappa shape index (κ1) is 24.5. The number of hydrogen-bond donors (Lipinski definition) is 4. The molecule has 0 aliphatic carbocycles. The minimum Gasteiger partial charge on any atom is -0.370 e. The topological polar surface area (TPSA) is 264 Å². The molecule has 1 heterocycles. The Bertz CT molecular complexity index is 927. The first-order valence-electron chi connectivity index (χ1n) is 6.07. The van der Waals surface area contributed by atoms with Gasteiger partial charge in [-0.05, 0) is 0 Å². The summed E-state index contributed by atoms with van der Waals surface area (Å²) in [5.41, 5.74) is 0. The lowest BCUT2D eigenvalue weighted by Crippen LogP contribution is -2.58. The van der Waals surface area contributed by atoms with E-state index in [-0.39, 0.29) is 0 Å². The molecular formula is C6H12O17S4. The van der Waals surface area contributed by atoms with Crippen molar-refractivity contribution in [3.8, 4) is 0 Å². The smallest absolute Gasteiger partial charge is 0.370 e. The molecule has 0 saturated carbocycles. The van der Waals surface area contributed by atoms with Gasteiger partial charge in [-0.15, -0.1) is 0 Å². The predicted molar refractivity (Wildman–Crippen MR) is 76.5 cm³/mol. The summed E-state index contributed by atoms with van der Waals surface area (Å²) in [6.07, 6.45) is -8.96. The van der Waals surface area contributed by atoms with E-state index in [1.807, 2.05) is 0 Å². The van der Waals surface area contributed by atoms with E-state index >= 15 is 0 Å². The predicted octanol–water partition coefficient (Wildman–Crippen LogP) is -3.23. The number of rotatable bonds is 9. The fraction of sp³-hybridized carbons (Fsp3) is 1.00. The summed E-state index contributed by atoms with van der Waals surface area (Å²) in [6, 6.07) is 0. The second-order valence-electron chi connectivity index (χ2n) is 4.62. The second-order valence-corrected chi connectivity index (χ2v) is 8.86. The van der Waals surface area contributed by atoms with E-state index in [1.54, 1.807) is 0 Å². The van der Waals surface area contributed by atoms with Crippen molar-refractivity contribution in [3.63, 3.8) is 0 Å². The SMILES string of the molecule is O=S(=O)(O)OC[C@H]1OC[C@H](OS(=O)(=O)O)[C@@H](OS(=O)(=O)O)[C@H]1OS(=O)(=O)O. The van der Waals surface area contributed by atoms with Crippen molar-refractivity contribution >= 4 is 41.6 Å². The van der Waals surface area contributed by atoms with Crippen LogP contribution in [-0.2, 0) is 63.1 Å². The summed E-state index contributed by atoms with van der Waals surface area (Å²) in [7, 11) is -21.3. The van der Waals surface area contributed by atoms with Crippen LogP contribution < -0.4 is 0 Å². The molecule has 0 spiro atoms. The van der Waals surface area contributed by atoms with Gasteiger partial charge in [-0.25, -0.2) is 16.7 Å². The molecule has 1 rings (SSSR count). The van der Waals surface area contributed by atoms with Gasteiger partial charge in [-0.1, -0.05) is 0 Å². The second kappa shape index (κ2) is 8.44. The zero-order valence-corrected chi connectivity index (χ0v) is 15.7. The van der Waals surface area contributed by atoms with Crippen LogP contribution >= 0.6 is 0 Å². The first-order valence-corrected chi connectivity index (χ1v) is 11.5. The Morgan fingerprint density at radius 1 is 0.704 bits per heavy atom. The van der Waals surface area contributed by atoms with Crippen LogP contribution in [0.15, 0.2) is 0 Å². The fourth-order valence-corrected chi connectivity index (χ4v) is 3.69. The molecule has 0 unspecified atom stereocenters. The molecule has 4 N–H and O–H groups in total. The Morgan fingerprint density at radius 3 is 1.56 bits per heavy atom. The van der Waals surface area contributed by atoms with Gasteiger partial charge in [-0.2, -0.15) is 33.7 Å². The lowest BCUT2D eigenvalue weighted by atomic mass is 10.0. The maximum atomic E-state index is 10.9. The third-order valence-electron chi connectivity index (χ3n) is 2.62.